The Hall–Kier alpha value is -0.0900. The average molecular weight is 220 g/mol. The van der Waals surface area contributed by atoms with Gasteiger partial charge in [0.15, 0.2) is 9.84 Å². The summed E-state index contributed by atoms with van der Waals surface area (Å²) < 4.78 is 28.4. The summed E-state index contributed by atoms with van der Waals surface area (Å²) in [6, 6.07) is 0. The van der Waals surface area contributed by atoms with Crippen molar-refractivity contribution in [2.75, 3.05) is 6.26 Å². The van der Waals surface area contributed by atoms with E-state index in [0.29, 0.717) is 12.8 Å². The smallest absolute Gasteiger partial charge is 0.153 e. The first-order chi connectivity index (χ1) is 6.06. The lowest BCUT2D eigenvalue weighted by Gasteiger charge is -2.44. The molecule has 0 aliphatic carbocycles. The van der Waals surface area contributed by atoms with Gasteiger partial charge in [0.25, 0.3) is 0 Å². The van der Waals surface area contributed by atoms with Gasteiger partial charge in [0, 0.05) is 6.26 Å². The van der Waals surface area contributed by atoms with Crippen LogP contribution in [-0.4, -0.2) is 31.1 Å². The summed E-state index contributed by atoms with van der Waals surface area (Å²) in [5, 5.41) is 0. The van der Waals surface area contributed by atoms with Crippen molar-refractivity contribution in [1.82, 2.24) is 0 Å². The van der Waals surface area contributed by atoms with E-state index in [2.05, 4.69) is 0 Å². The topological polar surface area (TPSA) is 43.4 Å². The molecule has 0 aromatic heterocycles. The molecule has 0 aromatic carbocycles. The van der Waals surface area contributed by atoms with Gasteiger partial charge < -0.3 is 4.74 Å². The maximum absolute atomic E-state index is 11.7. The summed E-state index contributed by atoms with van der Waals surface area (Å²) in [4.78, 5) is 0. The molecule has 0 N–H and O–H groups in total. The fraction of sp³-hybridized carbons (Fsp3) is 1.00. The SMILES string of the molecule is CC1CC(C)(S(C)(=O)=O)CC(C)(C)O1. The Balaban J connectivity index is 3.02. The Morgan fingerprint density at radius 2 is 1.79 bits per heavy atom. The van der Waals surface area contributed by atoms with Crippen LogP contribution in [0.5, 0.6) is 0 Å². The summed E-state index contributed by atoms with van der Waals surface area (Å²) in [6.07, 6.45) is 2.50. The molecule has 0 spiro atoms. The molecule has 2 unspecified atom stereocenters. The Morgan fingerprint density at radius 1 is 1.29 bits per heavy atom. The van der Waals surface area contributed by atoms with Crippen LogP contribution in [-0.2, 0) is 14.6 Å². The molecule has 0 saturated carbocycles. The number of rotatable bonds is 1. The Labute approximate surface area is 86.8 Å². The molecular formula is C10H20O3S. The van der Waals surface area contributed by atoms with Crippen molar-refractivity contribution in [2.45, 2.75) is 57.0 Å². The van der Waals surface area contributed by atoms with Crippen LogP contribution in [0.15, 0.2) is 0 Å². The lowest BCUT2D eigenvalue weighted by molar-refractivity contribution is -0.109. The second-order valence-electron chi connectivity index (χ2n) is 5.29. The van der Waals surface area contributed by atoms with E-state index in [1.807, 2.05) is 27.7 Å². The lowest BCUT2D eigenvalue weighted by atomic mass is 9.86. The summed E-state index contributed by atoms with van der Waals surface area (Å²) in [5.74, 6) is 0. The minimum atomic E-state index is -3.01. The molecule has 0 radical (unpaired) electrons. The van der Waals surface area contributed by atoms with Gasteiger partial charge in [-0.25, -0.2) is 8.42 Å². The van der Waals surface area contributed by atoms with Crippen molar-refractivity contribution < 1.29 is 13.2 Å². The quantitative estimate of drug-likeness (QED) is 0.676. The third-order valence-electron chi connectivity index (χ3n) is 2.93. The van der Waals surface area contributed by atoms with Gasteiger partial charge in [-0.15, -0.1) is 0 Å². The van der Waals surface area contributed by atoms with Crippen LogP contribution in [0.25, 0.3) is 0 Å². The van der Waals surface area contributed by atoms with E-state index in [9.17, 15) is 8.42 Å². The van der Waals surface area contributed by atoms with Crippen LogP contribution in [0, 0.1) is 0 Å². The third-order valence-corrected chi connectivity index (χ3v) is 5.04. The zero-order valence-corrected chi connectivity index (χ0v) is 10.4. The van der Waals surface area contributed by atoms with E-state index >= 15 is 0 Å². The standard InChI is InChI=1S/C10H20O3S/c1-8-6-10(4,14(5,11)12)7-9(2,3)13-8/h8H,6-7H2,1-5H3. The van der Waals surface area contributed by atoms with E-state index in [1.165, 1.54) is 6.26 Å². The molecule has 14 heavy (non-hydrogen) atoms. The van der Waals surface area contributed by atoms with Crippen molar-refractivity contribution in [1.29, 1.82) is 0 Å². The summed E-state index contributed by atoms with van der Waals surface area (Å²) in [6.45, 7) is 7.66. The second kappa shape index (κ2) is 3.20. The highest BCUT2D eigenvalue weighted by Gasteiger charge is 2.46. The van der Waals surface area contributed by atoms with E-state index in [0.717, 1.165) is 0 Å². The molecule has 84 valence electrons. The predicted molar refractivity (Wildman–Crippen MR) is 57.1 cm³/mol. The molecule has 1 aliphatic heterocycles. The molecule has 0 aromatic rings. The molecule has 1 aliphatic rings. The Bertz CT molecular complexity index is 318. The van der Waals surface area contributed by atoms with Crippen molar-refractivity contribution in [3.05, 3.63) is 0 Å². The highest BCUT2D eigenvalue weighted by molar-refractivity contribution is 7.92. The zero-order valence-electron chi connectivity index (χ0n) is 9.62. The van der Waals surface area contributed by atoms with Crippen LogP contribution >= 0.6 is 0 Å². The Morgan fingerprint density at radius 3 is 2.14 bits per heavy atom. The van der Waals surface area contributed by atoms with E-state index < -0.39 is 14.6 Å². The molecule has 1 saturated heterocycles. The molecule has 2 atom stereocenters. The Kier molecular flexibility index (Phi) is 2.74. The molecule has 1 rings (SSSR count). The normalized spacial score (nSPS) is 38.2. The van der Waals surface area contributed by atoms with Crippen LogP contribution < -0.4 is 0 Å². The summed E-state index contributed by atoms with van der Waals surface area (Å²) in [7, 11) is -3.01. The summed E-state index contributed by atoms with van der Waals surface area (Å²) >= 11 is 0. The fourth-order valence-corrected chi connectivity index (χ4v) is 3.64. The van der Waals surface area contributed by atoms with E-state index in [-0.39, 0.29) is 11.7 Å². The maximum Gasteiger partial charge on any atom is 0.153 e. The number of hydrogen-bond donors (Lipinski definition) is 0. The lowest BCUT2D eigenvalue weighted by Crippen LogP contribution is -2.51. The van der Waals surface area contributed by atoms with Crippen molar-refractivity contribution in [3.8, 4) is 0 Å². The maximum atomic E-state index is 11.7. The fourth-order valence-electron chi connectivity index (χ4n) is 2.49. The largest absolute Gasteiger partial charge is 0.373 e. The molecule has 1 fully saturated rings. The van der Waals surface area contributed by atoms with E-state index in [4.69, 9.17) is 4.74 Å². The molecular weight excluding hydrogens is 200 g/mol. The minimum absolute atomic E-state index is 0.0125. The van der Waals surface area contributed by atoms with Crippen LogP contribution in [0.3, 0.4) is 0 Å². The van der Waals surface area contributed by atoms with Crippen molar-refractivity contribution >= 4 is 9.84 Å². The monoisotopic (exact) mass is 220 g/mol. The molecule has 0 bridgehead atoms. The first-order valence-corrected chi connectivity index (χ1v) is 6.82. The first kappa shape index (κ1) is 12.0. The molecule has 0 amide bonds. The van der Waals surface area contributed by atoms with Crippen molar-refractivity contribution in [2.24, 2.45) is 0 Å². The average Bonchev–Trinajstić information content (AvgIpc) is 1.76. The van der Waals surface area contributed by atoms with Crippen LogP contribution in [0.1, 0.15) is 40.5 Å². The van der Waals surface area contributed by atoms with Crippen molar-refractivity contribution in [3.63, 3.8) is 0 Å². The molecule has 3 nitrogen and oxygen atoms in total. The van der Waals surface area contributed by atoms with Gasteiger partial charge >= 0.3 is 0 Å². The highest BCUT2D eigenvalue weighted by atomic mass is 32.2. The summed E-state index contributed by atoms with van der Waals surface area (Å²) in [5.41, 5.74) is -0.338. The minimum Gasteiger partial charge on any atom is -0.373 e. The molecule has 4 heteroatoms. The first-order valence-electron chi connectivity index (χ1n) is 4.93. The van der Waals surface area contributed by atoms with Crippen LogP contribution in [0.4, 0.5) is 0 Å². The number of hydrogen-bond acceptors (Lipinski definition) is 3. The third kappa shape index (κ3) is 2.28. The van der Waals surface area contributed by atoms with Gasteiger partial charge in [0.05, 0.1) is 16.5 Å². The van der Waals surface area contributed by atoms with Gasteiger partial charge in [0.2, 0.25) is 0 Å². The van der Waals surface area contributed by atoms with E-state index in [1.54, 1.807) is 0 Å². The second-order valence-corrected chi connectivity index (χ2v) is 7.82. The predicted octanol–water partition coefficient (Wildman–Crippen LogP) is 1.77. The van der Waals surface area contributed by atoms with Gasteiger partial charge in [-0.2, -0.15) is 0 Å². The van der Waals surface area contributed by atoms with Gasteiger partial charge in [0.1, 0.15) is 0 Å². The van der Waals surface area contributed by atoms with Gasteiger partial charge in [-0.1, -0.05) is 0 Å². The number of ether oxygens (including phenoxy) is 1. The zero-order chi connectivity index (χ0) is 11.2. The van der Waals surface area contributed by atoms with Gasteiger partial charge in [-0.05, 0) is 40.5 Å². The number of sulfone groups is 1. The highest BCUT2D eigenvalue weighted by Crippen LogP contribution is 2.39. The molecule has 1 heterocycles. The van der Waals surface area contributed by atoms with Crippen LogP contribution in [0.2, 0.25) is 0 Å². The van der Waals surface area contributed by atoms with Gasteiger partial charge in [-0.3, -0.25) is 0 Å².